The molecule has 2 amide bonds. The highest BCUT2D eigenvalue weighted by molar-refractivity contribution is 5.80. The van der Waals surface area contributed by atoms with Gasteiger partial charge in [0, 0.05) is 23.8 Å². The van der Waals surface area contributed by atoms with E-state index in [-0.39, 0.29) is 18.6 Å². The van der Waals surface area contributed by atoms with Gasteiger partial charge in [0.1, 0.15) is 6.54 Å². The molecule has 0 spiro atoms. The number of carboxylic acids is 1. The predicted molar refractivity (Wildman–Crippen MR) is 69.7 cm³/mol. The van der Waals surface area contributed by atoms with Gasteiger partial charge in [0.15, 0.2) is 0 Å². The lowest BCUT2D eigenvalue weighted by Crippen LogP contribution is -2.47. The highest BCUT2D eigenvalue weighted by atomic mass is 16.4. The number of H-pyrrole nitrogens is 1. The molecule has 3 N–H and O–H groups in total. The van der Waals surface area contributed by atoms with Gasteiger partial charge in [0.25, 0.3) is 0 Å². The summed E-state index contributed by atoms with van der Waals surface area (Å²) in [5.41, 5.74) is 1.77. The molecule has 0 aliphatic heterocycles. The average Bonchev–Trinajstić information content (AvgIpc) is 2.77. The van der Waals surface area contributed by atoms with E-state index >= 15 is 0 Å². The first-order valence-corrected chi connectivity index (χ1v) is 6.20. The van der Waals surface area contributed by atoms with Crippen LogP contribution in [0, 0.1) is 6.92 Å². The molecule has 0 fully saturated rings. The normalized spacial score (nSPS) is 11.9. The van der Waals surface area contributed by atoms with Crippen molar-refractivity contribution >= 4 is 12.0 Å². The molecule has 19 heavy (non-hydrogen) atoms. The lowest BCUT2D eigenvalue weighted by molar-refractivity contribution is -0.138. The van der Waals surface area contributed by atoms with Crippen LogP contribution in [-0.2, 0) is 11.3 Å². The average molecular weight is 268 g/mol. The number of aromatic nitrogens is 2. The number of aromatic amines is 1. The van der Waals surface area contributed by atoms with Gasteiger partial charge in [-0.15, -0.1) is 0 Å². The summed E-state index contributed by atoms with van der Waals surface area (Å²) in [6.07, 6.45) is 2.34. The third-order valence-corrected chi connectivity index (χ3v) is 3.05. The Balaban J connectivity index is 2.61. The van der Waals surface area contributed by atoms with Crippen molar-refractivity contribution in [1.29, 1.82) is 0 Å². The molecule has 1 unspecified atom stereocenters. The lowest BCUT2D eigenvalue weighted by atomic mass is 10.2. The van der Waals surface area contributed by atoms with E-state index in [1.165, 1.54) is 4.90 Å². The fourth-order valence-corrected chi connectivity index (χ4v) is 1.62. The van der Waals surface area contributed by atoms with Crippen LogP contribution in [0.1, 0.15) is 31.5 Å². The number of hydrogen-bond donors (Lipinski definition) is 3. The number of carbonyl (C=O) groups is 2. The molecule has 1 aromatic rings. The minimum atomic E-state index is -1.02. The summed E-state index contributed by atoms with van der Waals surface area (Å²) >= 11 is 0. The third-order valence-electron chi connectivity index (χ3n) is 3.05. The smallest absolute Gasteiger partial charge is 0.323 e. The van der Waals surface area contributed by atoms with E-state index in [4.69, 9.17) is 5.11 Å². The van der Waals surface area contributed by atoms with E-state index < -0.39 is 5.97 Å². The second-order valence-corrected chi connectivity index (χ2v) is 4.46. The van der Waals surface area contributed by atoms with Gasteiger partial charge in [-0.25, -0.2) is 4.79 Å². The molecular formula is C12H20N4O3. The van der Waals surface area contributed by atoms with E-state index in [0.29, 0.717) is 13.0 Å². The Hall–Kier alpha value is -2.05. The molecule has 7 nitrogen and oxygen atoms in total. The fourth-order valence-electron chi connectivity index (χ4n) is 1.62. The van der Waals surface area contributed by atoms with Crippen LogP contribution in [0.3, 0.4) is 0 Å². The first-order chi connectivity index (χ1) is 8.95. The highest BCUT2D eigenvalue weighted by Gasteiger charge is 2.21. The van der Waals surface area contributed by atoms with Crippen LogP contribution in [0.15, 0.2) is 6.20 Å². The summed E-state index contributed by atoms with van der Waals surface area (Å²) in [5.74, 6) is -1.02. The number of nitrogens with zero attached hydrogens (tertiary/aromatic N) is 2. The predicted octanol–water partition coefficient (Wildman–Crippen LogP) is 1.11. The number of nitrogens with one attached hydrogen (secondary N) is 2. The first-order valence-electron chi connectivity index (χ1n) is 6.20. The standard InChI is InChI=1S/C12H20N4O3/c1-4-8(2)16(7-11(17)18)12(19)13-5-10-6-14-15-9(10)3/h6,8H,4-5,7H2,1-3H3,(H,13,19)(H,14,15)(H,17,18). The molecule has 1 aromatic heterocycles. The number of carboxylic acid groups (broad SMARTS) is 1. The zero-order valence-corrected chi connectivity index (χ0v) is 11.4. The van der Waals surface area contributed by atoms with Gasteiger partial charge < -0.3 is 15.3 Å². The van der Waals surface area contributed by atoms with Crippen molar-refractivity contribution in [2.45, 2.75) is 39.8 Å². The van der Waals surface area contributed by atoms with Crippen LogP contribution >= 0.6 is 0 Å². The summed E-state index contributed by atoms with van der Waals surface area (Å²) in [6.45, 7) is 5.62. The Morgan fingerprint density at radius 2 is 2.26 bits per heavy atom. The Labute approximate surface area is 112 Å². The molecular weight excluding hydrogens is 248 g/mol. The van der Waals surface area contributed by atoms with Crippen LogP contribution < -0.4 is 5.32 Å². The number of aliphatic carboxylic acids is 1. The van der Waals surface area contributed by atoms with E-state index in [9.17, 15) is 9.59 Å². The van der Waals surface area contributed by atoms with Gasteiger partial charge in [0.05, 0.1) is 6.20 Å². The Morgan fingerprint density at radius 3 is 2.74 bits per heavy atom. The van der Waals surface area contributed by atoms with E-state index in [1.807, 2.05) is 20.8 Å². The number of aryl methyl sites for hydroxylation is 1. The molecule has 0 saturated heterocycles. The minimum Gasteiger partial charge on any atom is -0.480 e. The quantitative estimate of drug-likeness (QED) is 0.719. The molecule has 0 saturated carbocycles. The van der Waals surface area contributed by atoms with Crippen LogP contribution in [0.25, 0.3) is 0 Å². The number of urea groups is 1. The summed E-state index contributed by atoms with van der Waals surface area (Å²) in [4.78, 5) is 24.1. The van der Waals surface area contributed by atoms with Gasteiger partial charge in [-0.3, -0.25) is 9.89 Å². The number of carbonyl (C=O) groups excluding carboxylic acids is 1. The molecule has 0 aromatic carbocycles. The van der Waals surface area contributed by atoms with Gasteiger partial charge in [0.2, 0.25) is 0 Å². The van der Waals surface area contributed by atoms with Gasteiger partial charge >= 0.3 is 12.0 Å². The second-order valence-electron chi connectivity index (χ2n) is 4.46. The Bertz CT molecular complexity index is 444. The zero-order valence-electron chi connectivity index (χ0n) is 11.4. The number of hydrogen-bond acceptors (Lipinski definition) is 3. The topological polar surface area (TPSA) is 98.3 Å². The molecule has 106 valence electrons. The molecule has 7 heteroatoms. The molecule has 1 atom stereocenters. The molecule has 0 bridgehead atoms. The van der Waals surface area contributed by atoms with E-state index in [2.05, 4.69) is 15.5 Å². The van der Waals surface area contributed by atoms with Crippen molar-refractivity contribution in [3.05, 3.63) is 17.5 Å². The van der Waals surface area contributed by atoms with Crippen LogP contribution in [0.4, 0.5) is 4.79 Å². The van der Waals surface area contributed by atoms with Gasteiger partial charge in [-0.2, -0.15) is 5.10 Å². The first kappa shape index (κ1) is 15.0. The van der Waals surface area contributed by atoms with Crippen molar-refractivity contribution in [3.63, 3.8) is 0 Å². The molecule has 1 rings (SSSR count). The van der Waals surface area contributed by atoms with Crippen molar-refractivity contribution in [2.24, 2.45) is 0 Å². The fraction of sp³-hybridized carbons (Fsp3) is 0.583. The largest absolute Gasteiger partial charge is 0.480 e. The van der Waals surface area contributed by atoms with Crippen molar-refractivity contribution in [1.82, 2.24) is 20.4 Å². The van der Waals surface area contributed by atoms with Gasteiger partial charge in [-0.05, 0) is 20.3 Å². The molecule has 0 aliphatic rings. The highest BCUT2D eigenvalue weighted by Crippen LogP contribution is 2.06. The maximum absolute atomic E-state index is 12.0. The number of amides is 2. The van der Waals surface area contributed by atoms with E-state index in [0.717, 1.165) is 11.3 Å². The lowest BCUT2D eigenvalue weighted by Gasteiger charge is -2.27. The summed E-state index contributed by atoms with van der Waals surface area (Å²) in [6, 6.07) is -0.501. The number of rotatable bonds is 6. The van der Waals surface area contributed by atoms with E-state index in [1.54, 1.807) is 6.20 Å². The van der Waals surface area contributed by atoms with Crippen molar-refractivity contribution in [3.8, 4) is 0 Å². The summed E-state index contributed by atoms with van der Waals surface area (Å²) < 4.78 is 0. The van der Waals surface area contributed by atoms with Crippen molar-refractivity contribution < 1.29 is 14.7 Å². The minimum absolute atomic E-state index is 0.124. The molecule has 0 aliphatic carbocycles. The molecule has 1 heterocycles. The maximum Gasteiger partial charge on any atom is 0.323 e. The van der Waals surface area contributed by atoms with Gasteiger partial charge in [-0.1, -0.05) is 6.92 Å². The summed E-state index contributed by atoms with van der Waals surface area (Å²) in [5, 5.41) is 18.2. The maximum atomic E-state index is 12.0. The second kappa shape index (κ2) is 6.77. The van der Waals surface area contributed by atoms with Crippen LogP contribution in [0.2, 0.25) is 0 Å². The molecule has 0 radical (unpaired) electrons. The summed E-state index contributed by atoms with van der Waals surface area (Å²) in [7, 11) is 0. The zero-order chi connectivity index (χ0) is 14.4. The Morgan fingerprint density at radius 1 is 1.58 bits per heavy atom. The van der Waals surface area contributed by atoms with Crippen molar-refractivity contribution in [2.75, 3.05) is 6.54 Å². The monoisotopic (exact) mass is 268 g/mol. The Kier molecular flexibility index (Phi) is 5.35. The van der Waals surface area contributed by atoms with Crippen LogP contribution in [0.5, 0.6) is 0 Å². The third kappa shape index (κ3) is 4.27. The SMILES string of the molecule is CCC(C)N(CC(=O)O)C(=O)NCc1cn[nH]c1C. The van der Waals surface area contributed by atoms with Crippen LogP contribution in [-0.4, -0.2) is 44.8 Å².